The SMILES string of the molecule is COc1ccc(-c2nc(SC)[nH]c(=O)c2C#N)cc1OCc1cccc(C)c1. The van der Waals surface area contributed by atoms with E-state index in [-0.39, 0.29) is 5.56 Å². The van der Waals surface area contributed by atoms with Crippen LogP contribution in [0.2, 0.25) is 0 Å². The van der Waals surface area contributed by atoms with Crippen LogP contribution in [0.4, 0.5) is 0 Å². The van der Waals surface area contributed by atoms with E-state index in [1.54, 1.807) is 31.6 Å². The average molecular weight is 393 g/mol. The highest BCUT2D eigenvalue weighted by molar-refractivity contribution is 7.98. The first-order valence-electron chi connectivity index (χ1n) is 8.51. The van der Waals surface area contributed by atoms with E-state index in [0.29, 0.717) is 34.5 Å². The monoisotopic (exact) mass is 393 g/mol. The van der Waals surface area contributed by atoms with Crippen molar-refractivity contribution >= 4 is 11.8 Å². The van der Waals surface area contributed by atoms with Gasteiger partial charge in [-0.2, -0.15) is 5.26 Å². The van der Waals surface area contributed by atoms with Crippen molar-refractivity contribution < 1.29 is 9.47 Å². The molecule has 6 nitrogen and oxygen atoms in total. The van der Waals surface area contributed by atoms with Crippen molar-refractivity contribution in [2.75, 3.05) is 13.4 Å². The molecule has 7 heteroatoms. The molecule has 0 aliphatic carbocycles. The zero-order valence-corrected chi connectivity index (χ0v) is 16.6. The van der Waals surface area contributed by atoms with Crippen molar-refractivity contribution in [2.45, 2.75) is 18.7 Å². The molecule has 1 aromatic heterocycles. The molecule has 28 heavy (non-hydrogen) atoms. The first-order valence-corrected chi connectivity index (χ1v) is 9.73. The minimum absolute atomic E-state index is 0.0346. The van der Waals surface area contributed by atoms with Gasteiger partial charge in [0, 0.05) is 5.56 Å². The maximum absolute atomic E-state index is 12.2. The minimum Gasteiger partial charge on any atom is -0.493 e. The summed E-state index contributed by atoms with van der Waals surface area (Å²) in [5.41, 5.74) is 2.61. The van der Waals surface area contributed by atoms with Crippen LogP contribution in [-0.4, -0.2) is 23.3 Å². The van der Waals surface area contributed by atoms with Gasteiger partial charge in [-0.25, -0.2) is 4.98 Å². The fourth-order valence-corrected chi connectivity index (χ4v) is 3.14. The molecule has 0 spiro atoms. The number of nitrogens with zero attached hydrogens (tertiary/aromatic N) is 2. The smallest absolute Gasteiger partial charge is 0.270 e. The highest BCUT2D eigenvalue weighted by atomic mass is 32.2. The molecule has 0 fully saturated rings. The van der Waals surface area contributed by atoms with Crippen molar-refractivity contribution in [2.24, 2.45) is 0 Å². The summed E-state index contributed by atoms with van der Waals surface area (Å²) in [6.07, 6.45) is 1.80. The lowest BCUT2D eigenvalue weighted by molar-refractivity contribution is 0.284. The summed E-state index contributed by atoms with van der Waals surface area (Å²) >= 11 is 1.30. The van der Waals surface area contributed by atoms with Crippen LogP contribution in [0.25, 0.3) is 11.3 Å². The van der Waals surface area contributed by atoms with Gasteiger partial charge < -0.3 is 14.5 Å². The summed E-state index contributed by atoms with van der Waals surface area (Å²) in [6.45, 7) is 2.39. The van der Waals surface area contributed by atoms with Crippen molar-refractivity contribution in [3.8, 4) is 28.8 Å². The summed E-state index contributed by atoms with van der Waals surface area (Å²) in [5, 5.41) is 9.84. The van der Waals surface area contributed by atoms with Crippen molar-refractivity contribution in [3.05, 3.63) is 69.5 Å². The van der Waals surface area contributed by atoms with Gasteiger partial charge in [0.1, 0.15) is 18.2 Å². The van der Waals surface area contributed by atoms with Crippen molar-refractivity contribution in [1.82, 2.24) is 9.97 Å². The van der Waals surface area contributed by atoms with Gasteiger partial charge in [0.25, 0.3) is 5.56 Å². The van der Waals surface area contributed by atoms with Crippen LogP contribution in [0.1, 0.15) is 16.7 Å². The van der Waals surface area contributed by atoms with Crippen LogP contribution in [0.3, 0.4) is 0 Å². The molecular weight excluding hydrogens is 374 g/mol. The Balaban J connectivity index is 2.01. The van der Waals surface area contributed by atoms with Crippen LogP contribution < -0.4 is 15.0 Å². The topological polar surface area (TPSA) is 88.0 Å². The fourth-order valence-electron chi connectivity index (χ4n) is 2.76. The molecule has 3 rings (SSSR count). The van der Waals surface area contributed by atoms with E-state index in [9.17, 15) is 10.1 Å². The molecule has 2 aromatic carbocycles. The van der Waals surface area contributed by atoms with Gasteiger partial charge in [-0.1, -0.05) is 41.6 Å². The number of nitriles is 1. The van der Waals surface area contributed by atoms with Crippen molar-refractivity contribution in [3.63, 3.8) is 0 Å². The second-order valence-corrected chi connectivity index (χ2v) is 6.85. The molecule has 1 N–H and O–H groups in total. The van der Waals surface area contributed by atoms with Gasteiger partial charge in [0.15, 0.2) is 16.7 Å². The third-order valence-corrected chi connectivity index (χ3v) is 4.70. The molecular formula is C21H19N3O3S. The Labute approximate surface area is 167 Å². The van der Waals surface area contributed by atoms with Gasteiger partial charge in [0.05, 0.1) is 12.8 Å². The Bertz CT molecular complexity index is 1100. The van der Waals surface area contributed by atoms with E-state index in [0.717, 1.165) is 11.1 Å². The van der Waals surface area contributed by atoms with E-state index in [1.807, 2.05) is 37.3 Å². The summed E-state index contributed by atoms with van der Waals surface area (Å²) in [4.78, 5) is 19.2. The van der Waals surface area contributed by atoms with Gasteiger partial charge in [-0.15, -0.1) is 0 Å². The number of hydrogen-bond acceptors (Lipinski definition) is 6. The number of methoxy groups -OCH3 is 1. The molecule has 0 unspecified atom stereocenters. The zero-order valence-electron chi connectivity index (χ0n) is 15.8. The number of rotatable bonds is 6. The highest BCUT2D eigenvalue weighted by Gasteiger charge is 2.16. The molecule has 0 amide bonds. The normalized spacial score (nSPS) is 10.4. The Morgan fingerprint density at radius 2 is 2.04 bits per heavy atom. The number of aromatic amines is 1. The third kappa shape index (κ3) is 4.18. The van der Waals surface area contributed by atoms with Crippen molar-refractivity contribution in [1.29, 1.82) is 5.26 Å². The number of thioether (sulfide) groups is 1. The third-order valence-electron chi connectivity index (χ3n) is 4.12. The van der Waals surface area contributed by atoms with Crippen LogP contribution in [-0.2, 0) is 6.61 Å². The predicted octanol–water partition coefficient (Wildman–Crippen LogP) is 3.93. The van der Waals surface area contributed by atoms with Gasteiger partial charge in [0.2, 0.25) is 0 Å². The number of aromatic nitrogens is 2. The molecule has 1 heterocycles. The van der Waals surface area contributed by atoms with Gasteiger partial charge >= 0.3 is 0 Å². The molecule has 0 saturated heterocycles. The number of H-pyrrole nitrogens is 1. The van der Waals surface area contributed by atoms with Crippen LogP contribution in [0, 0.1) is 18.3 Å². The molecule has 3 aromatic rings. The van der Waals surface area contributed by atoms with Crippen LogP contribution in [0.15, 0.2) is 52.4 Å². The first-order chi connectivity index (χ1) is 13.5. The Morgan fingerprint density at radius 1 is 1.21 bits per heavy atom. The van der Waals surface area contributed by atoms with Gasteiger partial charge in [-0.05, 0) is 36.9 Å². The molecule has 0 saturated carbocycles. The van der Waals surface area contributed by atoms with E-state index in [4.69, 9.17) is 9.47 Å². The quantitative estimate of drug-likeness (QED) is 0.504. The highest BCUT2D eigenvalue weighted by Crippen LogP contribution is 2.33. The number of aryl methyl sites for hydroxylation is 1. The molecule has 142 valence electrons. The molecule has 0 aliphatic rings. The first kappa shape index (κ1) is 19.5. The second-order valence-electron chi connectivity index (χ2n) is 6.05. The van der Waals surface area contributed by atoms with Gasteiger partial charge in [-0.3, -0.25) is 4.79 Å². The summed E-state index contributed by atoms with van der Waals surface area (Å²) in [6, 6.07) is 15.2. The summed E-state index contributed by atoms with van der Waals surface area (Å²) < 4.78 is 11.4. The second kappa shape index (κ2) is 8.63. The Hall–Kier alpha value is -3.24. The van der Waals surface area contributed by atoms with Crippen LogP contribution >= 0.6 is 11.8 Å². The lowest BCUT2D eigenvalue weighted by Gasteiger charge is -2.13. The molecule has 0 atom stereocenters. The van der Waals surface area contributed by atoms with E-state index < -0.39 is 5.56 Å². The fraction of sp³-hybridized carbons (Fsp3) is 0.190. The molecule has 0 bridgehead atoms. The van der Waals surface area contributed by atoms with E-state index in [2.05, 4.69) is 9.97 Å². The molecule has 0 radical (unpaired) electrons. The standard InChI is InChI=1S/C21H19N3O3S/c1-13-5-4-6-14(9-13)12-27-18-10-15(7-8-17(18)26-2)19-16(11-22)20(25)24-21(23-19)28-3/h4-10H,12H2,1-3H3,(H,23,24,25). The summed E-state index contributed by atoms with van der Waals surface area (Å²) in [7, 11) is 1.56. The largest absolute Gasteiger partial charge is 0.493 e. The number of ether oxygens (including phenoxy) is 2. The van der Waals surface area contributed by atoms with E-state index in [1.165, 1.54) is 11.8 Å². The predicted molar refractivity (Wildman–Crippen MR) is 109 cm³/mol. The average Bonchev–Trinajstić information content (AvgIpc) is 2.71. The number of nitrogens with one attached hydrogen (secondary N) is 1. The maximum Gasteiger partial charge on any atom is 0.270 e. The lowest BCUT2D eigenvalue weighted by atomic mass is 10.1. The number of hydrogen-bond donors (Lipinski definition) is 1. The number of benzene rings is 2. The summed E-state index contributed by atoms with van der Waals surface area (Å²) in [5.74, 6) is 1.07. The Morgan fingerprint density at radius 3 is 2.71 bits per heavy atom. The maximum atomic E-state index is 12.2. The molecule has 0 aliphatic heterocycles. The van der Waals surface area contributed by atoms with E-state index >= 15 is 0 Å². The van der Waals surface area contributed by atoms with Crippen LogP contribution in [0.5, 0.6) is 11.5 Å². The Kier molecular flexibility index (Phi) is 6.02. The lowest BCUT2D eigenvalue weighted by Crippen LogP contribution is -2.14. The zero-order chi connectivity index (χ0) is 20.1. The minimum atomic E-state index is -0.463.